The van der Waals surface area contributed by atoms with Crippen LogP contribution in [0.5, 0.6) is 0 Å². The zero-order chi connectivity index (χ0) is 20.3. The van der Waals surface area contributed by atoms with Crippen molar-refractivity contribution in [3.8, 4) is 0 Å². The number of fused-ring (bicyclic) bond motifs is 1. The molecule has 0 saturated carbocycles. The summed E-state index contributed by atoms with van der Waals surface area (Å²) in [6.45, 7) is 3.33. The van der Waals surface area contributed by atoms with E-state index in [-0.39, 0.29) is 0 Å². The smallest absolute Gasteiger partial charge is 0.225 e. The van der Waals surface area contributed by atoms with Crippen LogP contribution in [0.15, 0.2) is 67.0 Å². The summed E-state index contributed by atoms with van der Waals surface area (Å²) in [5.41, 5.74) is 8.53. The fourth-order valence-electron chi connectivity index (χ4n) is 3.91. The molecule has 30 heavy (non-hydrogen) atoms. The average Bonchev–Trinajstić information content (AvgIpc) is 2.81. The second-order valence-corrected chi connectivity index (χ2v) is 7.47. The number of piperazine rings is 1. The number of hydrogen-bond acceptors (Lipinski definition) is 7. The molecule has 5 rings (SSSR count). The van der Waals surface area contributed by atoms with Gasteiger partial charge in [-0.15, -0.1) is 5.10 Å². The third-order valence-electron chi connectivity index (χ3n) is 5.48. The minimum Gasteiger partial charge on any atom is -0.396 e. The summed E-state index contributed by atoms with van der Waals surface area (Å²) in [4.78, 5) is 13.2. The van der Waals surface area contributed by atoms with Crippen molar-refractivity contribution in [2.24, 2.45) is 0 Å². The highest BCUT2D eigenvalue weighted by Gasteiger charge is 2.22. The van der Waals surface area contributed by atoms with Crippen LogP contribution in [-0.2, 0) is 6.42 Å². The number of rotatable bonds is 4. The molecule has 1 aliphatic rings. The molecule has 0 unspecified atom stereocenters. The lowest BCUT2D eigenvalue weighted by atomic mass is 10.0. The molecular weight excluding hydrogens is 374 g/mol. The molecule has 7 nitrogen and oxygen atoms in total. The zero-order valence-corrected chi connectivity index (χ0v) is 16.6. The van der Waals surface area contributed by atoms with Gasteiger partial charge in [-0.3, -0.25) is 0 Å². The standard InChI is InChI=1S/C23H23N7/c24-18-15-25-23(26-16-18)30-12-10-29(11-13-30)22-20-9-5-4-8-19(20)21(27-28-22)14-17-6-2-1-3-7-17/h1-9,15-16H,10-14,24H2. The molecule has 3 heterocycles. The maximum absolute atomic E-state index is 5.70. The Hall–Kier alpha value is -3.74. The Morgan fingerprint density at radius 1 is 0.733 bits per heavy atom. The van der Waals surface area contributed by atoms with Gasteiger partial charge in [0.05, 0.1) is 23.8 Å². The van der Waals surface area contributed by atoms with Crippen molar-refractivity contribution in [1.82, 2.24) is 20.2 Å². The first-order valence-corrected chi connectivity index (χ1v) is 10.1. The highest BCUT2D eigenvalue weighted by molar-refractivity contribution is 5.93. The first-order chi connectivity index (χ1) is 14.8. The first-order valence-electron chi connectivity index (χ1n) is 10.1. The van der Waals surface area contributed by atoms with Crippen LogP contribution >= 0.6 is 0 Å². The van der Waals surface area contributed by atoms with E-state index in [1.54, 1.807) is 12.4 Å². The monoisotopic (exact) mass is 397 g/mol. The van der Waals surface area contributed by atoms with Crippen molar-refractivity contribution < 1.29 is 0 Å². The van der Waals surface area contributed by atoms with E-state index in [1.165, 1.54) is 5.56 Å². The Kier molecular flexibility index (Phi) is 4.85. The van der Waals surface area contributed by atoms with Crippen LogP contribution in [0, 0.1) is 0 Å². The van der Waals surface area contributed by atoms with Crippen molar-refractivity contribution in [3.05, 3.63) is 78.2 Å². The van der Waals surface area contributed by atoms with Crippen LogP contribution in [0.2, 0.25) is 0 Å². The Morgan fingerprint density at radius 3 is 2.10 bits per heavy atom. The predicted molar refractivity (Wildman–Crippen MR) is 120 cm³/mol. The van der Waals surface area contributed by atoms with Crippen LogP contribution in [0.4, 0.5) is 17.5 Å². The largest absolute Gasteiger partial charge is 0.396 e. The molecule has 0 radical (unpaired) electrons. The SMILES string of the molecule is Nc1cnc(N2CCN(c3nnc(Cc4ccccc4)c4ccccc34)CC2)nc1. The van der Waals surface area contributed by atoms with Crippen molar-refractivity contribution >= 4 is 28.2 Å². The lowest BCUT2D eigenvalue weighted by molar-refractivity contribution is 0.633. The fourth-order valence-corrected chi connectivity index (χ4v) is 3.91. The summed E-state index contributed by atoms with van der Waals surface area (Å²) in [5, 5.41) is 11.6. The topological polar surface area (TPSA) is 84.1 Å². The van der Waals surface area contributed by atoms with Gasteiger partial charge in [-0.1, -0.05) is 54.6 Å². The van der Waals surface area contributed by atoms with Gasteiger partial charge in [0, 0.05) is 43.4 Å². The van der Waals surface area contributed by atoms with E-state index in [2.05, 4.69) is 78.5 Å². The van der Waals surface area contributed by atoms with Gasteiger partial charge >= 0.3 is 0 Å². The van der Waals surface area contributed by atoms with Crippen LogP contribution in [0.25, 0.3) is 10.8 Å². The normalized spacial score (nSPS) is 14.3. The molecule has 0 amide bonds. The van der Waals surface area contributed by atoms with E-state index in [9.17, 15) is 0 Å². The summed E-state index contributed by atoms with van der Waals surface area (Å²) >= 11 is 0. The number of nitrogens with two attached hydrogens (primary N) is 1. The molecular formula is C23H23N7. The number of hydrogen-bond donors (Lipinski definition) is 1. The minimum atomic E-state index is 0.578. The van der Waals surface area contributed by atoms with E-state index in [1.807, 2.05) is 6.07 Å². The summed E-state index contributed by atoms with van der Waals surface area (Å²) in [7, 11) is 0. The Labute approximate surface area is 175 Å². The number of nitrogens with zero attached hydrogens (tertiary/aromatic N) is 6. The Morgan fingerprint density at radius 2 is 1.37 bits per heavy atom. The molecule has 0 aliphatic carbocycles. The van der Waals surface area contributed by atoms with E-state index in [0.717, 1.165) is 60.8 Å². The molecule has 2 aromatic carbocycles. The molecule has 0 spiro atoms. The summed E-state index contributed by atoms with van der Waals surface area (Å²) < 4.78 is 0. The number of benzene rings is 2. The van der Waals surface area contributed by atoms with Gasteiger partial charge in [0.15, 0.2) is 5.82 Å². The summed E-state index contributed by atoms with van der Waals surface area (Å²) in [6, 6.07) is 18.8. The van der Waals surface area contributed by atoms with Gasteiger partial charge in [0.2, 0.25) is 5.95 Å². The van der Waals surface area contributed by atoms with Gasteiger partial charge in [0.25, 0.3) is 0 Å². The molecule has 1 fully saturated rings. The average molecular weight is 397 g/mol. The van der Waals surface area contributed by atoms with Crippen molar-refractivity contribution in [2.75, 3.05) is 41.7 Å². The van der Waals surface area contributed by atoms with Gasteiger partial charge < -0.3 is 15.5 Å². The molecule has 1 aliphatic heterocycles. The molecule has 1 saturated heterocycles. The lowest BCUT2D eigenvalue weighted by Crippen LogP contribution is -2.47. The highest BCUT2D eigenvalue weighted by Crippen LogP contribution is 2.28. The van der Waals surface area contributed by atoms with Gasteiger partial charge in [-0.05, 0) is 5.56 Å². The summed E-state index contributed by atoms with van der Waals surface area (Å²) in [6.07, 6.45) is 4.08. The third kappa shape index (κ3) is 3.61. The highest BCUT2D eigenvalue weighted by atomic mass is 15.3. The molecule has 0 atom stereocenters. The second-order valence-electron chi connectivity index (χ2n) is 7.47. The minimum absolute atomic E-state index is 0.578. The molecule has 7 heteroatoms. The Balaban J connectivity index is 1.39. The van der Waals surface area contributed by atoms with Crippen LogP contribution < -0.4 is 15.5 Å². The van der Waals surface area contributed by atoms with Crippen molar-refractivity contribution in [1.29, 1.82) is 0 Å². The van der Waals surface area contributed by atoms with Crippen LogP contribution in [0.3, 0.4) is 0 Å². The van der Waals surface area contributed by atoms with Gasteiger partial charge in [-0.2, -0.15) is 5.10 Å². The molecule has 2 aromatic heterocycles. The van der Waals surface area contributed by atoms with E-state index < -0.39 is 0 Å². The fraction of sp³-hybridized carbons (Fsp3) is 0.217. The quantitative estimate of drug-likeness (QED) is 0.567. The van der Waals surface area contributed by atoms with Crippen molar-refractivity contribution in [2.45, 2.75) is 6.42 Å². The molecule has 150 valence electrons. The molecule has 0 bridgehead atoms. The first kappa shape index (κ1) is 18.3. The molecule has 4 aromatic rings. The van der Waals surface area contributed by atoms with Crippen LogP contribution in [-0.4, -0.2) is 46.3 Å². The maximum atomic E-state index is 5.70. The van der Waals surface area contributed by atoms with Gasteiger partial charge in [0.1, 0.15) is 0 Å². The van der Waals surface area contributed by atoms with E-state index in [4.69, 9.17) is 5.73 Å². The number of anilines is 3. The maximum Gasteiger partial charge on any atom is 0.225 e. The van der Waals surface area contributed by atoms with Crippen LogP contribution in [0.1, 0.15) is 11.3 Å². The number of nitrogen functional groups attached to an aromatic ring is 1. The third-order valence-corrected chi connectivity index (χ3v) is 5.48. The van der Waals surface area contributed by atoms with Gasteiger partial charge in [-0.25, -0.2) is 9.97 Å². The Bertz CT molecular complexity index is 1140. The van der Waals surface area contributed by atoms with E-state index >= 15 is 0 Å². The number of aromatic nitrogens is 4. The summed E-state index contributed by atoms with van der Waals surface area (Å²) in [5.74, 6) is 1.67. The zero-order valence-electron chi connectivity index (χ0n) is 16.6. The van der Waals surface area contributed by atoms with E-state index in [0.29, 0.717) is 5.69 Å². The molecule has 2 N–H and O–H groups in total. The van der Waals surface area contributed by atoms with Crippen molar-refractivity contribution in [3.63, 3.8) is 0 Å². The second kappa shape index (κ2) is 7.94. The lowest BCUT2D eigenvalue weighted by Gasteiger charge is -2.35. The predicted octanol–water partition coefficient (Wildman–Crippen LogP) is 2.92.